The van der Waals surface area contributed by atoms with Crippen LogP contribution in [0.3, 0.4) is 0 Å². The largest absolute Gasteiger partial charge is 0.495 e. The molecule has 7 heteroatoms. The average Bonchev–Trinajstić information content (AvgIpc) is 2.93. The number of aryl methyl sites for hydroxylation is 2. The first-order valence-electron chi connectivity index (χ1n) is 6.52. The van der Waals surface area contributed by atoms with E-state index in [1.807, 2.05) is 32.0 Å². The van der Waals surface area contributed by atoms with Crippen molar-refractivity contribution in [3.63, 3.8) is 0 Å². The van der Waals surface area contributed by atoms with Gasteiger partial charge in [-0.05, 0) is 24.6 Å². The Morgan fingerprint density at radius 1 is 1.43 bits per heavy atom. The predicted octanol–water partition coefficient (Wildman–Crippen LogP) is 2.68. The monoisotopic (exact) mass is 307 g/mol. The fourth-order valence-corrected chi connectivity index (χ4v) is 2.25. The Morgan fingerprint density at radius 3 is 2.90 bits per heavy atom. The number of nitrogens with zero attached hydrogens (tertiary/aromatic N) is 2. The van der Waals surface area contributed by atoms with Crippen LogP contribution in [0.1, 0.15) is 18.4 Å². The maximum atomic E-state index is 12.0. The Kier molecular flexibility index (Phi) is 5.21. The van der Waals surface area contributed by atoms with Crippen molar-refractivity contribution in [2.24, 2.45) is 0 Å². The van der Waals surface area contributed by atoms with Crippen LogP contribution in [0.15, 0.2) is 27.8 Å². The minimum Gasteiger partial charge on any atom is -0.495 e. The summed E-state index contributed by atoms with van der Waals surface area (Å²) in [5.41, 5.74) is 1.70. The van der Waals surface area contributed by atoms with E-state index >= 15 is 0 Å². The van der Waals surface area contributed by atoms with Gasteiger partial charge in [-0.3, -0.25) is 4.79 Å². The van der Waals surface area contributed by atoms with Crippen molar-refractivity contribution in [2.75, 3.05) is 18.2 Å². The molecule has 2 aromatic rings. The molecule has 0 saturated carbocycles. The first kappa shape index (κ1) is 15.4. The Labute approximate surface area is 127 Å². The molecule has 0 fully saturated rings. The van der Waals surface area contributed by atoms with E-state index < -0.39 is 0 Å². The molecule has 0 unspecified atom stereocenters. The molecule has 6 nitrogen and oxygen atoms in total. The van der Waals surface area contributed by atoms with E-state index in [-0.39, 0.29) is 11.7 Å². The summed E-state index contributed by atoms with van der Waals surface area (Å²) >= 11 is 1.21. The molecule has 1 amide bonds. The standard InChI is InChI=1S/C14H17N3O3S/c1-4-13-16-17-14(20-13)21-8-12(18)15-10-7-9(2)5-6-11(10)19-3/h5-7H,4,8H2,1-3H3,(H,15,18). The highest BCUT2D eigenvalue weighted by molar-refractivity contribution is 7.99. The Balaban J connectivity index is 1.94. The normalized spacial score (nSPS) is 10.4. The Morgan fingerprint density at radius 2 is 2.24 bits per heavy atom. The second kappa shape index (κ2) is 7.12. The number of ether oxygens (including phenoxy) is 1. The lowest BCUT2D eigenvalue weighted by Crippen LogP contribution is -2.14. The van der Waals surface area contributed by atoms with E-state index in [2.05, 4.69) is 15.5 Å². The summed E-state index contributed by atoms with van der Waals surface area (Å²) in [6, 6.07) is 5.61. The van der Waals surface area contributed by atoms with Gasteiger partial charge in [0.1, 0.15) is 5.75 Å². The minimum absolute atomic E-state index is 0.153. The van der Waals surface area contributed by atoms with Gasteiger partial charge in [-0.15, -0.1) is 10.2 Å². The van der Waals surface area contributed by atoms with Gasteiger partial charge in [-0.1, -0.05) is 24.8 Å². The number of hydrogen-bond donors (Lipinski definition) is 1. The van der Waals surface area contributed by atoms with Gasteiger partial charge in [0, 0.05) is 6.42 Å². The zero-order chi connectivity index (χ0) is 15.2. The highest BCUT2D eigenvalue weighted by atomic mass is 32.2. The van der Waals surface area contributed by atoms with Crippen LogP contribution in [0.2, 0.25) is 0 Å². The van der Waals surface area contributed by atoms with Gasteiger partial charge < -0.3 is 14.5 Å². The maximum Gasteiger partial charge on any atom is 0.277 e. The molecule has 0 radical (unpaired) electrons. The molecule has 0 bridgehead atoms. The Bertz CT molecular complexity index is 628. The molecule has 112 valence electrons. The molecule has 0 aliphatic heterocycles. The van der Waals surface area contributed by atoms with E-state index in [1.165, 1.54) is 11.8 Å². The Hall–Kier alpha value is -2.02. The number of thioether (sulfide) groups is 1. The summed E-state index contributed by atoms with van der Waals surface area (Å²) in [7, 11) is 1.57. The van der Waals surface area contributed by atoms with Crippen molar-refractivity contribution in [1.29, 1.82) is 0 Å². The van der Waals surface area contributed by atoms with Crippen molar-refractivity contribution in [3.8, 4) is 5.75 Å². The molecular weight excluding hydrogens is 290 g/mol. The number of hydrogen-bond acceptors (Lipinski definition) is 6. The van der Waals surface area contributed by atoms with Crippen LogP contribution >= 0.6 is 11.8 Å². The van der Waals surface area contributed by atoms with Crippen LogP contribution in [0.5, 0.6) is 5.75 Å². The molecule has 0 saturated heterocycles. The summed E-state index contributed by atoms with van der Waals surface area (Å²) in [5.74, 6) is 1.24. The molecule has 1 aromatic heterocycles. The number of benzene rings is 1. The average molecular weight is 307 g/mol. The molecule has 1 heterocycles. The SMILES string of the molecule is CCc1nnc(SCC(=O)Nc2cc(C)ccc2OC)o1. The number of anilines is 1. The van der Waals surface area contributed by atoms with Gasteiger partial charge >= 0.3 is 0 Å². The fourth-order valence-electron chi connectivity index (χ4n) is 1.67. The van der Waals surface area contributed by atoms with Gasteiger partial charge in [0.2, 0.25) is 11.8 Å². The molecule has 1 N–H and O–H groups in total. The van der Waals surface area contributed by atoms with E-state index in [0.717, 1.165) is 5.56 Å². The summed E-state index contributed by atoms with van der Waals surface area (Å²) in [6.45, 7) is 3.88. The molecule has 1 aromatic carbocycles. The first-order valence-corrected chi connectivity index (χ1v) is 7.50. The molecule has 21 heavy (non-hydrogen) atoms. The first-order chi connectivity index (χ1) is 10.1. The predicted molar refractivity (Wildman–Crippen MR) is 80.8 cm³/mol. The van der Waals surface area contributed by atoms with Crippen LogP contribution in [0.25, 0.3) is 0 Å². The molecule has 0 spiro atoms. The zero-order valence-corrected chi connectivity index (χ0v) is 13.0. The minimum atomic E-state index is -0.153. The summed E-state index contributed by atoms with van der Waals surface area (Å²) in [6.07, 6.45) is 0.681. The van der Waals surface area contributed by atoms with Gasteiger partial charge in [0.05, 0.1) is 18.6 Å². The summed E-state index contributed by atoms with van der Waals surface area (Å²) in [5, 5.41) is 10.9. The molecule has 0 aliphatic carbocycles. The summed E-state index contributed by atoms with van der Waals surface area (Å²) in [4.78, 5) is 12.0. The van der Waals surface area contributed by atoms with E-state index in [4.69, 9.17) is 9.15 Å². The van der Waals surface area contributed by atoms with Gasteiger partial charge in [-0.25, -0.2) is 0 Å². The molecular formula is C14H17N3O3S. The van der Waals surface area contributed by atoms with Gasteiger partial charge in [0.25, 0.3) is 5.22 Å². The molecule has 0 aliphatic rings. The summed E-state index contributed by atoms with van der Waals surface area (Å²) < 4.78 is 10.6. The van der Waals surface area contributed by atoms with Crippen molar-refractivity contribution < 1.29 is 13.9 Å². The van der Waals surface area contributed by atoms with Crippen LogP contribution in [0.4, 0.5) is 5.69 Å². The number of aromatic nitrogens is 2. The second-order valence-electron chi connectivity index (χ2n) is 4.36. The van der Waals surface area contributed by atoms with E-state index in [0.29, 0.717) is 29.0 Å². The van der Waals surface area contributed by atoms with E-state index in [9.17, 15) is 4.79 Å². The lowest BCUT2D eigenvalue weighted by Gasteiger charge is -2.10. The topological polar surface area (TPSA) is 77.2 Å². The maximum absolute atomic E-state index is 12.0. The highest BCUT2D eigenvalue weighted by Gasteiger charge is 2.11. The van der Waals surface area contributed by atoms with Crippen LogP contribution < -0.4 is 10.1 Å². The van der Waals surface area contributed by atoms with E-state index in [1.54, 1.807) is 7.11 Å². The van der Waals surface area contributed by atoms with Crippen LogP contribution in [-0.2, 0) is 11.2 Å². The van der Waals surface area contributed by atoms with Gasteiger partial charge in [-0.2, -0.15) is 0 Å². The number of carbonyl (C=O) groups is 1. The third-order valence-corrected chi connectivity index (χ3v) is 3.53. The third kappa shape index (κ3) is 4.22. The number of carbonyl (C=O) groups excluding carboxylic acids is 1. The van der Waals surface area contributed by atoms with Crippen molar-refractivity contribution in [1.82, 2.24) is 10.2 Å². The van der Waals surface area contributed by atoms with Crippen molar-refractivity contribution in [3.05, 3.63) is 29.7 Å². The lowest BCUT2D eigenvalue weighted by molar-refractivity contribution is -0.113. The van der Waals surface area contributed by atoms with Crippen molar-refractivity contribution in [2.45, 2.75) is 25.5 Å². The quantitative estimate of drug-likeness (QED) is 0.827. The van der Waals surface area contributed by atoms with Crippen LogP contribution in [0, 0.1) is 6.92 Å². The van der Waals surface area contributed by atoms with Gasteiger partial charge in [0.15, 0.2) is 0 Å². The van der Waals surface area contributed by atoms with Crippen LogP contribution in [-0.4, -0.2) is 29.0 Å². The highest BCUT2D eigenvalue weighted by Crippen LogP contribution is 2.25. The molecule has 0 atom stereocenters. The number of nitrogens with one attached hydrogen (secondary N) is 1. The smallest absolute Gasteiger partial charge is 0.277 e. The lowest BCUT2D eigenvalue weighted by atomic mass is 10.2. The second-order valence-corrected chi connectivity index (χ2v) is 5.28. The third-order valence-electron chi connectivity index (χ3n) is 2.71. The zero-order valence-electron chi connectivity index (χ0n) is 12.2. The van der Waals surface area contributed by atoms with Crippen molar-refractivity contribution >= 4 is 23.4 Å². The number of amides is 1. The number of methoxy groups -OCH3 is 1. The molecule has 2 rings (SSSR count). The number of rotatable bonds is 6. The fraction of sp³-hybridized carbons (Fsp3) is 0.357.